The second-order valence-electron chi connectivity index (χ2n) is 11.5. The van der Waals surface area contributed by atoms with Crippen LogP contribution < -0.4 is 5.32 Å². The number of benzene rings is 4. The number of halogens is 3. The number of rotatable bonds is 13. The quantitative estimate of drug-likeness (QED) is 0.0841. The number of carbonyl (C=O) groups is 5. The van der Waals surface area contributed by atoms with Gasteiger partial charge in [0.25, 0.3) is 11.8 Å². The van der Waals surface area contributed by atoms with E-state index in [1.165, 1.54) is 79.7 Å². The number of esters is 1. The minimum absolute atomic E-state index is 0.0521. The van der Waals surface area contributed by atoms with Gasteiger partial charge in [0.15, 0.2) is 5.41 Å². The van der Waals surface area contributed by atoms with Crippen molar-refractivity contribution in [3.05, 3.63) is 125 Å². The molecule has 0 heterocycles. The number of nitrogens with zero attached hydrogens (tertiary/aromatic N) is 1. The molecule has 3 N–H and O–H groups in total. The molecule has 13 heteroatoms. The summed E-state index contributed by atoms with van der Waals surface area (Å²) in [5.41, 5.74) is -1.56. The summed E-state index contributed by atoms with van der Waals surface area (Å²) in [7, 11) is 3.00. The average Bonchev–Trinajstić information content (AvgIpc) is 3.08. The number of ether oxygens (including phenoxy) is 1. The number of hydrogen-bond acceptors (Lipinski definition) is 6. The lowest BCUT2D eigenvalue weighted by Crippen LogP contribution is -2.44. The minimum Gasteiger partial charge on any atom is -0.480 e. The number of amides is 2. The van der Waals surface area contributed by atoms with Crippen LogP contribution in [0.15, 0.2) is 97.1 Å². The first kappa shape index (κ1) is 36.8. The largest absolute Gasteiger partial charge is 0.480 e. The highest BCUT2D eigenvalue weighted by atomic mass is 19.4. The molecule has 0 saturated carbocycles. The monoisotopic (exact) mass is 690 g/mol. The van der Waals surface area contributed by atoms with Crippen molar-refractivity contribution >= 4 is 35.4 Å². The molecule has 4 aromatic rings. The maximum Gasteiger partial charge on any atom is 0.416 e. The number of anilines is 1. The van der Waals surface area contributed by atoms with Crippen LogP contribution in [0, 0.1) is 0 Å². The lowest BCUT2D eigenvalue weighted by atomic mass is 9.76. The van der Waals surface area contributed by atoms with Gasteiger partial charge in [0.1, 0.15) is 0 Å². The predicted octanol–water partition coefficient (Wildman–Crippen LogP) is 6.30. The van der Waals surface area contributed by atoms with E-state index in [0.29, 0.717) is 16.7 Å². The lowest BCUT2D eigenvalue weighted by molar-refractivity contribution is -0.158. The van der Waals surface area contributed by atoms with Gasteiger partial charge < -0.3 is 25.2 Å². The molecular formula is C37H33F3N2O8. The van der Waals surface area contributed by atoms with E-state index in [4.69, 9.17) is 4.74 Å². The van der Waals surface area contributed by atoms with Gasteiger partial charge in [-0.1, -0.05) is 66.7 Å². The van der Waals surface area contributed by atoms with Crippen LogP contribution >= 0.6 is 0 Å². The lowest BCUT2D eigenvalue weighted by Gasteiger charge is -2.25. The molecule has 260 valence electrons. The van der Waals surface area contributed by atoms with Gasteiger partial charge >= 0.3 is 24.1 Å². The van der Waals surface area contributed by atoms with Gasteiger partial charge in [-0.15, -0.1) is 0 Å². The Morgan fingerprint density at radius 2 is 1.38 bits per heavy atom. The van der Waals surface area contributed by atoms with E-state index in [1.807, 2.05) is 0 Å². The van der Waals surface area contributed by atoms with Crippen molar-refractivity contribution in [2.24, 2.45) is 0 Å². The maximum atomic E-state index is 13.5. The van der Waals surface area contributed by atoms with Crippen LogP contribution in [0.3, 0.4) is 0 Å². The average molecular weight is 691 g/mol. The summed E-state index contributed by atoms with van der Waals surface area (Å²) < 4.78 is 44.5. The van der Waals surface area contributed by atoms with Crippen LogP contribution in [0.5, 0.6) is 0 Å². The Bertz CT molecular complexity index is 1880. The van der Waals surface area contributed by atoms with E-state index in [1.54, 1.807) is 24.3 Å². The van der Waals surface area contributed by atoms with E-state index in [2.05, 4.69) is 5.32 Å². The van der Waals surface area contributed by atoms with Gasteiger partial charge in [-0.2, -0.15) is 13.2 Å². The molecule has 0 bridgehead atoms. The first-order valence-electron chi connectivity index (χ1n) is 15.3. The molecule has 0 atom stereocenters. The zero-order valence-electron chi connectivity index (χ0n) is 27.0. The summed E-state index contributed by atoms with van der Waals surface area (Å²) >= 11 is 0. The highest BCUT2D eigenvalue weighted by Crippen LogP contribution is 2.33. The molecule has 2 amide bonds. The van der Waals surface area contributed by atoms with E-state index < -0.39 is 46.9 Å². The molecule has 50 heavy (non-hydrogen) atoms. The summed E-state index contributed by atoms with van der Waals surface area (Å²) in [6.07, 6.45) is -5.22. The van der Waals surface area contributed by atoms with Gasteiger partial charge in [-0.05, 0) is 65.4 Å². The molecule has 0 fully saturated rings. The number of nitrogens with one attached hydrogen (secondary N) is 1. The second kappa shape index (κ2) is 15.5. The first-order chi connectivity index (χ1) is 23.6. The first-order valence-corrected chi connectivity index (χ1v) is 15.3. The van der Waals surface area contributed by atoms with E-state index in [0.717, 1.165) is 12.1 Å². The number of aliphatic carboxylic acids is 2. The fraction of sp³-hybridized carbons (Fsp3) is 0.216. The molecule has 4 rings (SSSR count). The molecule has 0 aliphatic carbocycles. The zero-order chi connectivity index (χ0) is 36.6. The van der Waals surface area contributed by atoms with Crippen LogP contribution in [0.25, 0.3) is 11.1 Å². The van der Waals surface area contributed by atoms with Gasteiger partial charge in [-0.3, -0.25) is 24.0 Å². The molecular weight excluding hydrogens is 657 g/mol. The summed E-state index contributed by atoms with van der Waals surface area (Å²) in [6, 6.07) is 22.5. The number of carboxylic acid groups (broad SMARTS) is 2. The van der Waals surface area contributed by atoms with Crippen LogP contribution in [-0.2, 0) is 37.1 Å². The normalized spacial score (nSPS) is 11.4. The summed E-state index contributed by atoms with van der Waals surface area (Å²) in [6.45, 7) is -0.260. The van der Waals surface area contributed by atoms with Crippen molar-refractivity contribution in [3.63, 3.8) is 0 Å². The molecule has 0 spiro atoms. The number of alkyl halides is 3. The van der Waals surface area contributed by atoms with Crippen LogP contribution in [0.4, 0.5) is 18.9 Å². The van der Waals surface area contributed by atoms with Crippen molar-refractivity contribution in [2.75, 3.05) is 26.0 Å². The second-order valence-corrected chi connectivity index (χ2v) is 11.5. The third kappa shape index (κ3) is 8.35. The molecule has 0 saturated heterocycles. The Morgan fingerprint density at radius 3 is 1.98 bits per heavy atom. The smallest absolute Gasteiger partial charge is 0.416 e. The molecule has 0 aliphatic heterocycles. The van der Waals surface area contributed by atoms with Crippen molar-refractivity contribution in [2.45, 2.75) is 30.9 Å². The van der Waals surface area contributed by atoms with Crippen molar-refractivity contribution < 1.29 is 52.1 Å². The summed E-state index contributed by atoms with van der Waals surface area (Å²) in [4.78, 5) is 64.7. The number of carboxylic acids is 2. The third-order valence-electron chi connectivity index (χ3n) is 7.97. The van der Waals surface area contributed by atoms with Crippen LogP contribution in [0.2, 0.25) is 0 Å². The van der Waals surface area contributed by atoms with Crippen molar-refractivity contribution in [1.82, 2.24) is 4.90 Å². The Balaban J connectivity index is 1.48. The Morgan fingerprint density at radius 1 is 0.760 bits per heavy atom. The highest BCUT2D eigenvalue weighted by molar-refractivity contribution is 6.12. The Labute approximate surface area is 285 Å². The van der Waals surface area contributed by atoms with Crippen LogP contribution in [0.1, 0.15) is 50.2 Å². The third-order valence-corrected chi connectivity index (χ3v) is 7.97. The van der Waals surface area contributed by atoms with Gasteiger partial charge in [0.2, 0.25) is 0 Å². The topological polar surface area (TPSA) is 150 Å². The molecule has 0 aliphatic rings. The van der Waals surface area contributed by atoms with Gasteiger partial charge in [-0.25, -0.2) is 0 Å². The minimum atomic E-state index is -4.52. The SMILES string of the molecule is CN(C)C(=O)c1cc(CC(=O)OCCCC(C(=O)O)(C(=O)O)c2ccccc2)ccc1NC(=O)c1ccccc1-c1ccc(C(F)(F)F)cc1. The molecule has 4 aromatic carbocycles. The fourth-order valence-electron chi connectivity index (χ4n) is 5.35. The summed E-state index contributed by atoms with van der Waals surface area (Å²) in [5.74, 6) is -4.93. The van der Waals surface area contributed by atoms with E-state index in [9.17, 15) is 47.4 Å². The molecule has 0 aromatic heterocycles. The van der Waals surface area contributed by atoms with Gasteiger partial charge in [0.05, 0.1) is 29.8 Å². The molecule has 0 unspecified atom stereocenters. The highest BCUT2D eigenvalue weighted by Gasteiger charge is 2.47. The Hall–Kier alpha value is -5.98. The van der Waals surface area contributed by atoms with E-state index in [-0.39, 0.29) is 48.2 Å². The fourth-order valence-corrected chi connectivity index (χ4v) is 5.35. The van der Waals surface area contributed by atoms with E-state index >= 15 is 0 Å². The van der Waals surface area contributed by atoms with Gasteiger partial charge in [0, 0.05) is 19.7 Å². The Kier molecular flexibility index (Phi) is 11.4. The molecule has 0 radical (unpaired) electrons. The standard InChI is InChI=1S/C37H33F3N2O8/c1-42(2)33(45)29-21-23(22-31(43)50-20-8-19-36(34(46)47,35(48)49)25-9-4-3-5-10-25)13-18-30(29)41-32(44)28-12-7-6-11-27(28)24-14-16-26(17-15-24)37(38,39)40/h3-7,9-18,21H,8,19-20,22H2,1-2H3,(H,41,44)(H,46,47)(H,48,49). The van der Waals surface area contributed by atoms with Crippen molar-refractivity contribution in [1.29, 1.82) is 0 Å². The zero-order valence-corrected chi connectivity index (χ0v) is 27.0. The van der Waals surface area contributed by atoms with Crippen LogP contribution in [-0.4, -0.2) is 65.5 Å². The van der Waals surface area contributed by atoms with Crippen molar-refractivity contribution in [3.8, 4) is 11.1 Å². The molecule has 10 nitrogen and oxygen atoms in total. The number of hydrogen-bond donors (Lipinski definition) is 3. The maximum absolute atomic E-state index is 13.5. The number of carbonyl (C=O) groups excluding carboxylic acids is 3. The predicted molar refractivity (Wildman–Crippen MR) is 177 cm³/mol. The summed E-state index contributed by atoms with van der Waals surface area (Å²) in [5, 5.41) is 22.3.